The van der Waals surface area contributed by atoms with E-state index in [0.717, 1.165) is 16.8 Å². The molecule has 4 rings (SSSR count). The summed E-state index contributed by atoms with van der Waals surface area (Å²) in [6, 6.07) is 22.3. The van der Waals surface area contributed by atoms with Crippen molar-refractivity contribution in [2.75, 3.05) is 16.8 Å². The summed E-state index contributed by atoms with van der Waals surface area (Å²) >= 11 is 0. The lowest BCUT2D eigenvalue weighted by atomic mass is 10.0. The molecule has 1 aliphatic rings. The van der Waals surface area contributed by atoms with E-state index >= 15 is 0 Å². The van der Waals surface area contributed by atoms with Crippen LogP contribution in [0.4, 0.5) is 11.4 Å². The van der Waals surface area contributed by atoms with Gasteiger partial charge in [0.1, 0.15) is 11.4 Å². The third-order valence-electron chi connectivity index (χ3n) is 5.22. The molecule has 0 fully saturated rings. The summed E-state index contributed by atoms with van der Waals surface area (Å²) in [7, 11) is 0. The molecule has 0 aromatic heterocycles. The van der Waals surface area contributed by atoms with E-state index in [1.807, 2.05) is 87.5 Å². The summed E-state index contributed by atoms with van der Waals surface area (Å²) in [6.07, 6.45) is 0. The molecule has 0 bridgehead atoms. The molecule has 1 aliphatic heterocycles. The first kappa shape index (κ1) is 20.4. The number of imide groups is 1. The van der Waals surface area contributed by atoms with E-state index in [4.69, 9.17) is 4.74 Å². The Morgan fingerprint density at radius 1 is 0.839 bits per heavy atom. The second-order valence-corrected chi connectivity index (χ2v) is 7.43. The number of amides is 2. The van der Waals surface area contributed by atoms with Gasteiger partial charge in [-0.1, -0.05) is 48.0 Å². The van der Waals surface area contributed by atoms with E-state index < -0.39 is 0 Å². The highest BCUT2D eigenvalue weighted by Crippen LogP contribution is 2.35. The Morgan fingerprint density at radius 2 is 1.52 bits per heavy atom. The minimum atomic E-state index is -0.372. The highest BCUT2D eigenvalue weighted by atomic mass is 16.5. The fourth-order valence-corrected chi connectivity index (χ4v) is 3.61. The number of aryl methyl sites for hydroxylation is 2. The maximum Gasteiger partial charge on any atom is 0.282 e. The third kappa shape index (κ3) is 3.94. The van der Waals surface area contributed by atoms with Gasteiger partial charge in [-0.3, -0.25) is 9.59 Å². The molecule has 5 heteroatoms. The fraction of sp³-hybridized carbons (Fsp3) is 0.154. The molecule has 0 spiro atoms. The summed E-state index contributed by atoms with van der Waals surface area (Å²) in [6.45, 7) is 6.36. The van der Waals surface area contributed by atoms with Crippen LogP contribution in [-0.2, 0) is 9.59 Å². The van der Waals surface area contributed by atoms with E-state index in [-0.39, 0.29) is 17.5 Å². The summed E-state index contributed by atoms with van der Waals surface area (Å²) < 4.78 is 5.52. The smallest absolute Gasteiger partial charge is 0.282 e. The van der Waals surface area contributed by atoms with Crippen molar-refractivity contribution in [3.8, 4) is 5.75 Å². The van der Waals surface area contributed by atoms with Crippen molar-refractivity contribution in [3.05, 3.63) is 95.2 Å². The molecule has 2 amide bonds. The SMILES string of the molecule is CCOc1ccc(C2=C(Nc3ccc(C)cc3)C(=O)N(c3ccccc3C)C2=O)cc1. The van der Waals surface area contributed by atoms with Gasteiger partial charge in [0.05, 0.1) is 17.9 Å². The van der Waals surface area contributed by atoms with Crippen LogP contribution in [0.3, 0.4) is 0 Å². The molecular formula is C26H24N2O3. The number of hydrogen-bond donors (Lipinski definition) is 1. The number of anilines is 2. The number of carbonyl (C=O) groups excluding carboxylic acids is 2. The predicted octanol–water partition coefficient (Wildman–Crippen LogP) is 5.10. The molecule has 156 valence electrons. The lowest BCUT2D eigenvalue weighted by Crippen LogP contribution is -2.33. The summed E-state index contributed by atoms with van der Waals surface area (Å²) in [5, 5.41) is 3.19. The van der Waals surface area contributed by atoms with Crippen molar-refractivity contribution >= 4 is 28.8 Å². The number of benzene rings is 3. The monoisotopic (exact) mass is 412 g/mol. The van der Waals surface area contributed by atoms with Crippen LogP contribution in [0, 0.1) is 13.8 Å². The molecule has 0 saturated heterocycles. The van der Waals surface area contributed by atoms with E-state index in [1.165, 1.54) is 4.90 Å². The summed E-state index contributed by atoms with van der Waals surface area (Å²) in [5.41, 5.74) is 4.57. The van der Waals surface area contributed by atoms with E-state index in [1.54, 1.807) is 6.07 Å². The topological polar surface area (TPSA) is 58.6 Å². The van der Waals surface area contributed by atoms with Crippen molar-refractivity contribution in [3.63, 3.8) is 0 Å². The van der Waals surface area contributed by atoms with Crippen LogP contribution in [0.5, 0.6) is 5.75 Å². The number of nitrogens with zero attached hydrogens (tertiary/aromatic N) is 1. The zero-order valence-corrected chi connectivity index (χ0v) is 17.8. The Bertz CT molecular complexity index is 1160. The maximum atomic E-state index is 13.5. The Hall–Kier alpha value is -3.86. The molecule has 1 heterocycles. The lowest BCUT2D eigenvalue weighted by molar-refractivity contribution is -0.120. The van der Waals surface area contributed by atoms with Gasteiger partial charge >= 0.3 is 0 Å². The van der Waals surface area contributed by atoms with Gasteiger partial charge in [0.25, 0.3) is 11.8 Å². The van der Waals surface area contributed by atoms with E-state index in [9.17, 15) is 9.59 Å². The average Bonchev–Trinajstić information content (AvgIpc) is 3.00. The normalized spacial score (nSPS) is 13.7. The van der Waals surface area contributed by atoms with Crippen molar-refractivity contribution in [1.82, 2.24) is 0 Å². The van der Waals surface area contributed by atoms with Crippen LogP contribution < -0.4 is 15.0 Å². The Morgan fingerprint density at radius 3 is 2.16 bits per heavy atom. The molecule has 3 aromatic carbocycles. The van der Waals surface area contributed by atoms with Crippen molar-refractivity contribution in [1.29, 1.82) is 0 Å². The maximum absolute atomic E-state index is 13.5. The average molecular weight is 412 g/mol. The van der Waals surface area contributed by atoms with Crippen LogP contribution in [-0.4, -0.2) is 18.4 Å². The Kier molecular flexibility index (Phi) is 5.58. The largest absolute Gasteiger partial charge is 0.494 e. The molecule has 5 nitrogen and oxygen atoms in total. The molecule has 0 saturated carbocycles. The second kappa shape index (κ2) is 8.48. The highest BCUT2D eigenvalue weighted by Gasteiger charge is 2.40. The Labute approximate surface area is 182 Å². The van der Waals surface area contributed by atoms with Gasteiger partial charge < -0.3 is 10.1 Å². The van der Waals surface area contributed by atoms with Crippen LogP contribution >= 0.6 is 0 Å². The molecule has 0 aliphatic carbocycles. The van der Waals surface area contributed by atoms with Gasteiger partial charge in [0.2, 0.25) is 0 Å². The van der Waals surface area contributed by atoms with Crippen molar-refractivity contribution < 1.29 is 14.3 Å². The summed E-state index contributed by atoms with van der Waals surface area (Å²) in [4.78, 5) is 28.2. The molecule has 0 radical (unpaired) electrons. The minimum Gasteiger partial charge on any atom is -0.494 e. The standard InChI is InChI=1S/C26H24N2O3/c1-4-31-21-15-11-19(12-16-21)23-24(27-20-13-9-17(2)10-14-20)26(30)28(25(23)29)22-8-6-5-7-18(22)3/h5-16,27H,4H2,1-3H3. The first-order valence-electron chi connectivity index (χ1n) is 10.2. The molecule has 0 atom stereocenters. The van der Waals surface area contributed by atoms with E-state index in [0.29, 0.717) is 29.2 Å². The molecule has 31 heavy (non-hydrogen) atoms. The molecule has 3 aromatic rings. The van der Waals surface area contributed by atoms with Gasteiger partial charge in [0.15, 0.2) is 0 Å². The van der Waals surface area contributed by atoms with Crippen LogP contribution in [0.2, 0.25) is 0 Å². The van der Waals surface area contributed by atoms with Gasteiger partial charge in [-0.25, -0.2) is 4.90 Å². The number of hydrogen-bond acceptors (Lipinski definition) is 4. The quantitative estimate of drug-likeness (QED) is 0.573. The zero-order valence-electron chi connectivity index (χ0n) is 17.8. The predicted molar refractivity (Wildman–Crippen MR) is 123 cm³/mol. The van der Waals surface area contributed by atoms with Gasteiger partial charge in [0, 0.05) is 5.69 Å². The molecular weight excluding hydrogens is 388 g/mol. The van der Waals surface area contributed by atoms with Gasteiger partial charge in [-0.2, -0.15) is 0 Å². The third-order valence-corrected chi connectivity index (χ3v) is 5.22. The highest BCUT2D eigenvalue weighted by molar-refractivity contribution is 6.46. The minimum absolute atomic E-state index is 0.265. The fourth-order valence-electron chi connectivity index (χ4n) is 3.61. The molecule has 1 N–H and O–H groups in total. The number of para-hydroxylation sites is 1. The van der Waals surface area contributed by atoms with Crippen LogP contribution in [0.25, 0.3) is 5.57 Å². The van der Waals surface area contributed by atoms with Crippen molar-refractivity contribution in [2.24, 2.45) is 0 Å². The van der Waals surface area contributed by atoms with Gasteiger partial charge in [-0.05, 0) is 62.2 Å². The van der Waals surface area contributed by atoms with Crippen LogP contribution in [0.15, 0.2) is 78.5 Å². The number of nitrogens with one attached hydrogen (secondary N) is 1. The number of rotatable bonds is 6. The Balaban J connectivity index is 1.80. The number of ether oxygens (including phenoxy) is 1. The zero-order chi connectivity index (χ0) is 22.0. The summed E-state index contributed by atoms with van der Waals surface area (Å²) in [5.74, 6) is -0.00532. The first-order chi connectivity index (χ1) is 15.0. The second-order valence-electron chi connectivity index (χ2n) is 7.43. The lowest BCUT2D eigenvalue weighted by Gasteiger charge is -2.17. The first-order valence-corrected chi connectivity index (χ1v) is 10.2. The van der Waals surface area contributed by atoms with Gasteiger partial charge in [-0.15, -0.1) is 0 Å². The van der Waals surface area contributed by atoms with Crippen LogP contribution in [0.1, 0.15) is 23.6 Å². The van der Waals surface area contributed by atoms with Crippen molar-refractivity contribution in [2.45, 2.75) is 20.8 Å². The molecule has 0 unspecified atom stereocenters. The number of carbonyl (C=O) groups is 2. The van der Waals surface area contributed by atoms with E-state index in [2.05, 4.69) is 5.32 Å².